The van der Waals surface area contributed by atoms with E-state index in [-0.39, 0.29) is 0 Å². The van der Waals surface area contributed by atoms with Gasteiger partial charge in [0.05, 0.1) is 29.6 Å². The highest BCUT2D eigenvalue weighted by Gasteiger charge is 2.44. The molecule has 144 valence electrons. The molecular formula is C19H25N5O3. The lowest BCUT2D eigenvalue weighted by Crippen LogP contribution is -2.36. The van der Waals surface area contributed by atoms with Gasteiger partial charge in [-0.05, 0) is 26.7 Å². The van der Waals surface area contributed by atoms with Crippen molar-refractivity contribution >= 4 is 28.4 Å². The third-order valence-corrected chi connectivity index (χ3v) is 5.52. The second-order valence-electron chi connectivity index (χ2n) is 7.61. The molecule has 2 aromatic rings. The maximum atomic E-state index is 12.1. The lowest BCUT2D eigenvalue weighted by atomic mass is 9.95. The van der Waals surface area contributed by atoms with Gasteiger partial charge in [-0.2, -0.15) is 5.10 Å². The third kappa shape index (κ3) is 2.93. The van der Waals surface area contributed by atoms with E-state index in [1.807, 2.05) is 14.0 Å². The molecule has 0 bridgehead atoms. The Morgan fingerprint density at radius 3 is 2.85 bits per heavy atom. The maximum Gasteiger partial charge on any atom is 0.353 e. The first kappa shape index (κ1) is 17.8. The molecule has 2 aliphatic rings. The van der Waals surface area contributed by atoms with Crippen molar-refractivity contribution in [2.24, 2.45) is 12.2 Å². The Morgan fingerprint density at radius 1 is 1.41 bits per heavy atom. The van der Waals surface area contributed by atoms with Gasteiger partial charge in [-0.15, -0.1) is 0 Å². The van der Waals surface area contributed by atoms with E-state index in [1.54, 1.807) is 17.8 Å². The maximum absolute atomic E-state index is 12.1. The molecule has 0 amide bonds. The summed E-state index contributed by atoms with van der Waals surface area (Å²) in [5.41, 5.74) is 3.17. The molecule has 1 atom stereocenters. The van der Waals surface area contributed by atoms with E-state index in [4.69, 9.17) is 9.57 Å². The zero-order chi connectivity index (χ0) is 19.2. The van der Waals surface area contributed by atoms with Gasteiger partial charge in [0.2, 0.25) is 5.60 Å². The molecule has 27 heavy (non-hydrogen) atoms. The number of methoxy groups -OCH3 is 1. The number of esters is 1. The van der Waals surface area contributed by atoms with Crippen molar-refractivity contribution in [1.82, 2.24) is 14.8 Å². The summed E-state index contributed by atoms with van der Waals surface area (Å²) in [5.74, 6) is -0.432. The molecule has 1 N–H and O–H groups in total. The van der Waals surface area contributed by atoms with Crippen LogP contribution in [0.4, 0.5) is 5.69 Å². The summed E-state index contributed by atoms with van der Waals surface area (Å²) >= 11 is 0. The second kappa shape index (κ2) is 6.51. The third-order valence-electron chi connectivity index (χ3n) is 5.52. The van der Waals surface area contributed by atoms with Crippen molar-refractivity contribution < 1.29 is 14.4 Å². The number of hydrogen-bond donors (Lipinski definition) is 1. The van der Waals surface area contributed by atoms with Crippen molar-refractivity contribution in [3.63, 3.8) is 0 Å². The number of carbonyl (C=O) groups excluding carboxylic acids is 1. The van der Waals surface area contributed by atoms with Gasteiger partial charge in [0, 0.05) is 31.3 Å². The zero-order valence-corrected chi connectivity index (χ0v) is 16.2. The predicted octanol–water partition coefficient (Wildman–Crippen LogP) is 2.69. The van der Waals surface area contributed by atoms with E-state index in [1.165, 1.54) is 20.0 Å². The van der Waals surface area contributed by atoms with E-state index in [2.05, 4.69) is 20.6 Å². The Kier molecular flexibility index (Phi) is 4.28. The molecule has 0 spiro atoms. The molecule has 0 saturated heterocycles. The lowest BCUT2D eigenvalue weighted by molar-refractivity contribution is -0.164. The minimum absolute atomic E-state index is 0.339. The Morgan fingerprint density at radius 2 is 2.15 bits per heavy atom. The van der Waals surface area contributed by atoms with Crippen molar-refractivity contribution in [3.05, 3.63) is 17.5 Å². The van der Waals surface area contributed by atoms with Crippen LogP contribution < -0.4 is 5.32 Å². The molecule has 4 rings (SSSR count). The van der Waals surface area contributed by atoms with Crippen LogP contribution in [0.25, 0.3) is 11.0 Å². The van der Waals surface area contributed by atoms with Gasteiger partial charge < -0.3 is 14.9 Å². The number of rotatable bonds is 4. The average Bonchev–Trinajstić information content (AvgIpc) is 3.36. The summed E-state index contributed by atoms with van der Waals surface area (Å²) in [6, 6.07) is 0.420. The summed E-state index contributed by atoms with van der Waals surface area (Å²) in [6.07, 6.45) is 6.89. The first-order chi connectivity index (χ1) is 12.9. The lowest BCUT2D eigenvalue weighted by Gasteiger charge is -2.19. The summed E-state index contributed by atoms with van der Waals surface area (Å²) < 4.78 is 6.66. The smallest absolute Gasteiger partial charge is 0.353 e. The molecule has 8 heteroatoms. The first-order valence-electron chi connectivity index (χ1n) is 9.35. The highest BCUT2D eigenvalue weighted by Crippen LogP contribution is 2.36. The number of pyridine rings is 1. The monoisotopic (exact) mass is 371 g/mol. The average molecular weight is 371 g/mol. The number of nitrogens with one attached hydrogen (secondary N) is 1. The van der Waals surface area contributed by atoms with Gasteiger partial charge in [-0.3, -0.25) is 4.68 Å². The molecule has 1 aliphatic heterocycles. The fraction of sp³-hybridized carbons (Fsp3) is 0.579. The van der Waals surface area contributed by atoms with E-state index in [0.717, 1.165) is 40.8 Å². The molecule has 1 fully saturated rings. The van der Waals surface area contributed by atoms with Crippen LogP contribution in [0.15, 0.2) is 11.4 Å². The van der Waals surface area contributed by atoms with Crippen molar-refractivity contribution in [2.75, 3.05) is 12.4 Å². The number of anilines is 1. The molecule has 8 nitrogen and oxygen atoms in total. The number of carbonyl (C=O) groups is 1. The molecule has 1 unspecified atom stereocenters. The van der Waals surface area contributed by atoms with Crippen LogP contribution in [-0.4, -0.2) is 45.2 Å². The Hall–Kier alpha value is -2.64. The first-order valence-corrected chi connectivity index (χ1v) is 9.35. The minimum atomic E-state index is -1.10. The molecule has 2 aromatic heterocycles. The minimum Gasteiger partial charge on any atom is -0.466 e. The van der Waals surface area contributed by atoms with Crippen LogP contribution in [-0.2, 0) is 21.4 Å². The Labute approximate surface area is 157 Å². The van der Waals surface area contributed by atoms with Crippen LogP contribution in [0.3, 0.4) is 0 Å². The zero-order valence-electron chi connectivity index (χ0n) is 16.2. The van der Waals surface area contributed by atoms with E-state index in [9.17, 15) is 4.79 Å². The topological polar surface area (TPSA) is 90.6 Å². The Bertz CT molecular complexity index is 929. The number of nitrogens with zero attached hydrogens (tertiary/aromatic N) is 4. The molecule has 0 aromatic carbocycles. The van der Waals surface area contributed by atoms with Crippen LogP contribution in [0.2, 0.25) is 0 Å². The largest absolute Gasteiger partial charge is 0.466 e. The van der Waals surface area contributed by atoms with E-state index >= 15 is 0 Å². The molecule has 0 radical (unpaired) electrons. The summed E-state index contributed by atoms with van der Waals surface area (Å²) in [4.78, 5) is 22.2. The van der Waals surface area contributed by atoms with Crippen LogP contribution in [0.1, 0.15) is 50.3 Å². The van der Waals surface area contributed by atoms with Crippen LogP contribution >= 0.6 is 0 Å². The number of aromatic nitrogens is 3. The van der Waals surface area contributed by atoms with Gasteiger partial charge in [0.25, 0.3) is 0 Å². The standard InChI is InChI=1S/C19H25N5O3/c1-11-15-16(21-12-7-5-6-8-12)13(10-20-17(15)24(3)22-11)14-9-19(2,27-23-14)18(25)26-4/h10,12H,5-9H2,1-4H3,(H,20,21). The highest BCUT2D eigenvalue weighted by atomic mass is 16.7. The predicted molar refractivity (Wildman–Crippen MR) is 102 cm³/mol. The fourth-order valence-corrected chi connectivity index (χ4v) is 4.06. The van der Waals surface area contributed by atoms with Gasteiger partial charge in [-0.25, -0.2) is 9.78 Å². The number of ether oxygens (including phenoxy) is 1. The number of oxime groups is 1. The summed E-state index contributed by atoms with van der Waals surface area (Å²) in [7, 11) is 3.25. The summed E-state index contributed by atoms with van der Waals surface area (Å²) in [6.45, 7) is 3.68. The van der Waals surface area contributed by atoms with Gasteiger partial charge in [0.15, 0.2) is 5.65 Å². The quantitative estimate of drug-likeness (QED) is 0.831. The normalized spacial score (nSPS) is 22.7. The highest BCUT2D eigenvalue weighted by molar-refractivity contribution is 6.12. The van der Waals surface area contributed by atoms with Gasteiger partial charge >= 0.3 is 5.97 Å². The number of fused-ring (bicyclic) bond motifs is 1. The molecule has 1 aliphatic carbocycles. The van der Waals surface area contributed by atoms with Gasteiger partial charge in [0.1, 0.15) is 0 Å². The molecule has 1 saturated carbocycles. The van der Waals surface area contributed by atoms with Crippen molar-refractivity contribution in [3.8, 4) is 0 Å². The van der Waals surface area contributed by atoms with Crippen LogP contribution in [0, 0.1) is 6.92 Å². The van der Waals surface area contributed by atoms with Crippen LogP contribution in [0.5, 0.6) is 0 Å². The Balaban J connectivity index is 1.78. The van der Waals surface area contributed by atoms with E-state index in [0.29, 0.717) is 18.2 Å². The summed E-state index contributed by atoms with van der Waals surface area (Å²) in [5, 5.41) is 13.5. The SMILES string of the molecule is COC(=O)C1(C)CC(c2cnc3c(c(C)nn3C)c2NC2CCCC2)=NO1. The van der Waals surface area contributed by atoms with E-state index < -0.39 is 11.6 Å². The number of aryl methyl sites for hydroxylation is 2. The second-order valence-corrected chi connectivity index (χ2v) is 7.61. The number of hydrogen-bond acceptors (Lipinski definition) is 7. The molecular weight excluding hydrogens is 346 g/mol. The van der Waals surface area contributed by atoms with Gasteiger partial charge in [-0.1, -0.05) is 18.0 Å². The van der Waals surface area contributed by atoms with Crippen molar-refractivity contribution in [2.45, 2.75) is 57.6 Å². The fourth-order valence-electron chi connectivity index (χ4n) is 4.06. The van der Waals surface area contributed by atoms with Crippen molar-refractivity contribution in [1.29, 1.82) is 0 Å². The molecule has 3 heterocycles.